The molecule has 1 atom stereocenters. The summed E-state index contributed by atoms with van der Waals surface area (Å²) in [6.07, 6.45) is 0. The smallest absolute Gasteiger partial charge is 0.231 e. The number of aliphatic imine (C=N–C) groups is 1. The molecule has 0 N–H and O–H groups in total. The van der Waals surface area contributed by atoms with Gasteiger partial charge in [0.1, 0.15) is 11.4 Å². The van der Waals surface area contributed by atoms with E-state index >= 15 is 0 Å². The third-order valence-electron chi connectivity index (χ3n) is 5.46. The second-order valence-electron chi connectivity index (χ2n) is 7.06. The Bertz CT molecular complexity index is 837. The molecule has 1 spiro atoms. The number of ether oxygens (including phenoxy) is 1. The molecule has 3 heteroatoms. The first-order valence-electron chi connectivity index (χ1n) is 8.07. The first kappa shape index (κ1) is 14.3. The minimum Gasteiger partial charge on any atom is -0.459 e. The van der Waals surface area contributed by atoms with Gasteiger partial charge in [-0.1, -0.05) is 24.3 Å². The maximum absolute atomic E-state index is 6.65. The maximum atomic E-state index is 6.65. The van der Waals surface area contributed by atoms with E-state index in [-0.39, 0.29) is 5.41 Å². The molecule has 2 aromatic rings. The zero-order chi connectivity index (χ0) is 16.4. The largest absolute Gasteiger partial charge is 0.459 e. The van der Waals surface area contributed by atoms with Crippen LogP contribution in [0.25, 0.3) is 0 Å². The molecule has 2 aromatic carbocycles. The third kappa shape index (κ3) is 1.57. The van der Waals surface area contributed by atoms with Crippen LogP contribution in [-0.2, 0) is 5.41 Å². The molecule has 0 bridgehead atoms. The van der Waals surface area contributed by atoms with Crippen molar-refractivity contribution in [1.82, 2.24) is 0 Å². The van der Waals surface area contributed by atoms with Crippen LogP contribution >= 0.6 is 0 Å². The number of aryl methyl sites for hydroxylation is 1. The average molecular weight is 306 g/mol. The molecule has 2 heterocycles. The van der Waals surface area contributed by atoms with Crippen molar-refractivity contribution in [1.29, 1.82) is 0 Å². The van der Waals surface area contributed by atoms with Crippen molar-refractivity contribution in [3.63, 3.8) is 0 Å². The lowest BCUT2D eigenvalue weighted by molar-refractivity contribution is 0.0765. The molecule has 0 aromatic heterocycles. The Hall–Kier alpha value is -2.29. The zero-order valence-electron chi connectivity index (χ0n) is 14.3. The van der Waals surface area contributed by atoms with Gasteiger partial charge in [-0.3, -0.25) is 0 Å². The second kappa shape index (κ2) is 4.38. The quantitative estimate of drug-likeness (QED) is 0.710. The molecule has 2 aliphatic rings. The minimum absolute atomic E-state index is 0.205. The Labute approximate surface area is 137 Å². The monoisotopic (exact) mass is 306 g/mol. The third-order valence-corrected chi connectivity index (χ3v) is 5.46. The van der Waals surface area contributed by atoms with E-state index < -0.39 is 5.72 Å². The molecule has 0 saturated carbocycles. The highest BCUT2D eigenvalue weighted by atomic mass is 16.5. The molecule has 0 saturated heterocycles. The second-order valence-corrected chi connectivity index (χ2v) is 7.06. The molecule has 23 heavy (non-hydrogen) atoms. The summed E-state index contributed by atoms with van der Waals surface area (Å²) in [5, 5.41) is 0. The number of hydrogen-bond acceptors (Lipinski definition) is 3. The predicted octanol–water partition coefficient (Wildman–Crippen LogP) is 4.60. The van der Waals surface area contributed by atoms with E-state index in [9.17, 15) is 0 Å². The first-order chi connectivity index (χ1) is 10.9. The Kier molecular flexibility index (Phi) is 2.72. The maximum Gasteiger partial charge on any atom is 0.231 e. The number of anilines is 1. The van der Waals surface area contributed by atoms with Gasteiger partial charge >= 0.3 is 0 Å². The molecule has 1 unspecified atom stereocenters. The standard InChI is InChI=1S/C20H22N2O/c1-13-9-8-11-16-18(13)19(3,4)20(22(16)5)14(2)21-15-10-6-7-12-17(15)23-20/h6-12H,1-5H3. The van der Waals surface area contributed by atoms with Crippen molar-refractivity contribution in [2.45, 2.75) is 38.8 Å². The lowest BCUT2D eigenvalue weighted by Gasteiger charge is -2.47. The van der Waals surface area contributed by atoms with Crippen LogP contribution in [0.1, 0.15) is 31.9 Å². The van der Waals surface area contributed by atoms with Crippen LogP contribution in [0.3, 0.4) is 0 Å². The van der Waals surface area contributed by atoms with Gasteiger partial charge in [0.2, 0.25) is 5.72 Å². The molecule has 0 amide bonds. The summed E-state index contributed by atoms with van der Waals surface area (Å²) in [7, 11) is 2.11. The van der Waals surface area contributed by atoms with Crippen molar-refractivity contribution < 1.29 is 4.74 Å². The number of para-hydroxylation sites is 2. The highest BCUT2D eigenvalue weighted by molar-refractivity contribution is 6.01. The van der Waals surface area contributed by atoms with Gasteiger partial charge in [-0.15, -0.1) is 0 Å². The van der Waals surface area contributed by atoms with Crippen LogP contribution in [0.4, 0.5) is 11.4 Å². The van der Waals surface area contributed by atoms with E-state index in [1.54, 1.807) is 0 Å². The van der Waals surface area contributed by atoms with Crippen LogP contribution in [-0.4, -0.2) is 18.5 Å². The van der Waals surface area contributed by atoms with E-state index in [4.69, 9.17) is 9.73 Å². The highest BCUT2D eigenvalue weighted by Crippen LogP contribution is 2.55. The van der Waals surface area contributed by atoms with E-state index in [0.717, 1.165) is 17.1 Å². The fraction of sp³-hybridized carbons (Fsp3) is 0.350. The Morgan fingerprint density at radius 3 is 2.48 bits per heavy atom. The van der Waals surface area contributed by atoms with E-state index in [1.807, 2.05) is 24.3 Å². The van der Waals surface area contributed by atoms with Gasteiger partial charge in [-0.25, -0.2) is 4.99 Å². The summed E-state index contributed by atoms with van der Waals surface area (Å²) in [4.78, 5) is 7.14. The lowest BCUT2D eigenvalue weighted by Crippen LogP contribution is -2.64. The number of benzene rings is 2. The van der Waals surface area contributed by atoms with Gasteiger partial charge in [0, 0.05) is 12.7 Å². The van der Waals surface area contributed by atoms with Gasteiger partial charge in [-0.05, 0) is 57.0 Å². The summed E-state index contributed by atoms with van der Waals surface area (Å²) in [5.41, 5.74) is 4.98. The Morgan fingerprint density at radius 1 is 1.00 bits per heavy atom. The number of hydrogen-bond donors (Lipinski definition) is 0. The van der Waals surface area contributed by atoms with Crippen LogP contribution in [0, 0.1) is 6.92 Å². The average Bonchev–Trinajstić information content (AvgIpc) is 2.68. The summed E-state index contributed by atoms with van der Waals surface area (Å²) in [6, 6.07) is 14.5. The molecular formula is C20H22N2O. The lowest BCUT2D eigenvalue weighted by atomic mass is 9.73. The summed E-state index contributed by atoms with van der Waals surface area (Å²) >= 11 is 0. The number of nitrogens with zero attached hydrogens (tertiary/aromatic N) is 2. The first-order valence-corrected chi connectivity index (χ1v) is 8.07. The van der Waals surface area contributed by atoms with Crippen LogP contribution in [0.15, 0.2) is 47.5 Å². The van der Waals surface area contributed by atoms with Crippen LogP contribution in [0.2, 0.25) is 0 Å². The van der Waals surface area contributed by atoms with Crippen molar-refractivity contribution in [3.8, 4) is 5.75 Å². The van der Waals surface area contributed by atoms with Crippen LogP contribution < -0.4 is 9.64 Å². The van der Waals surface area contributed by atoms with E-state index in [1.165, 1.54) is 16.8 Å². The molecule has 0 fully saturated rings. The summed E-state index contributed by atoms with van der Waals surface area (Å²) in [5.74, 6) is 0.850. The zero-order valence-corrected chi connectivity index (χ0v) is 14.3. The topological polar surface area (TPSA) is 24.8 Å². The number of fused-ring (bicyclic) bond motifs is 2. The summed E-state index contributed by atoms with van der Waals surface area (Å²) in [6.45, 7) is 8.77. The molecular weight excluding hydrogens is 284 g/mol. The fourth-order valence-electron chi connectivity index (χ4n) is 4.52. The van der Waals surface area contributed by atoms with Crippen molar-refractivity contribution in [2.75, 3.05) is 11.9 Å². The molecule has 3 nitrogen and oxygen atoms in total. The SMILES string of the molecule is CC1=Nc2ccccc2OC12N(C)c1cccc(C)c1C2(C)C. The van der Waals surface area contributed by atoms with Gasteiger partial charge < -0.3 is 9.64 Å². The molecule has 2 aliphatic heterocycles. The van der Waals surface area contributed by atoms with Gasteiger partial charge in [0.05, 0.1) is 11.1 Å². The van der Waals surface area contributed by atoms with Gasteiger partial charge in [0.15, 0.2) is 0 Å². The van der Waals surface area contributed by atoms with Gasteiger partial charge in [-0.2, -0.15) is 0 Å². The van der Waals surface area contributed by atoms with Crippen molar-refractivity contribution in [3.05, 3.63) is 53.6 Å². The molecule has 118 valence electrons. The van der Waals surface area contributed by atoms with E-state index in [0.29, 0.717) is 0 Å². The number of likely N-dealkylation sites (N-methyl/N-ethyl adjacent to an activating group) is 1. The van der Waals surface area contributed by atoms with Gasteiger partial charge in [0.25, 0.3) is 0 Å². The van der Waals surface area contributed by atoms with Crippen LogP contribution in [0.5, 0.6) is 5.75 Å². The summed E-state index contributed by atoms with van der Waals surface area (Å²) < 4.78 is 6.65. The predicted molar refractivity (Wildman–Crippen MR) is 95.2 cm³/mol. The van der Waals surface area contributed by atoms with E-state index in [2.05, 4.69) is 57.8 Å². The number of rotatable bonds is 0. The minimum atomic E-state index is -0.587. The van der Waals surface area contributed by atoms with Crippen molar-refractivity contribution in [2.24, 2.45) is 4.99 Å². The highest BCUT2D eigenvalue weighted by Gasteiger charge is 2.61. The Balaban J connectivity index is 1.99. The normalized spacial score (nSPS) is 24.0. The Morgan fingerprint density at radius 2 is 1.74 bits per heavy atom. The molecule has 0 aliphatic carbocycles. The molecule has 0 radical (unpaired) electrons. The molecule has 4 rings (SSSR count). The fourth-order valence-corrected chi connectivity index (χ4v) is 4.52. The van der Waals surface area contributed by atoms with Crippen molar-refractivity contribution >= 4 is 17.1 Å².